The molecular formula is C12H10BrN3O2. The Labute approximate surface area is 112 Å². The number of anilines is 1. The molecule has 2 N–H and O–H groups in total. The highest BCUT2D eigenvalue weighted by molar-refractivity contribution is 9.11. The smallest absolute Gasteiger partial charge is 0.335 e. The van der Waals surface area contributed by atoms with E-state index in [1.54, 1.807) is 6.07 Å². The predicted octanol–water partition coefficient (Wildman–Crippen LogP) is 2.65. The van der Waals surface area contributed by atoms with Crippen LogP contribution in [0.5, 0.6) is 0 Å². The van der Waals surface area contributed by atoms with Crippen LogP contribution in [0.1, 0.15) is 10.4 Å². The molecule has 0 bridgehead atoms. The first-order chi connectivity index (χ1) is 8.58. The van der Waals surface area contributed by atoms with E-state index in [0.29, 0.717) is 17.9 Å². The van der Waals surface area contributed by atoms with Crippen LogP contribution in [0.15, 0.2) is 35.6 Å². The van der Waals surface area contributed by atoms with Crippen molar-refractivity contribution in [3.05, 3.63) is 41.2 Å². The molecule has 2 aromatic rings. The second-order valence-electron chi connectivity index (χ2n) is 3.63. The molecule has 5 nitrogen and oxygen atoms in total. The molecule has 0 radical (unpaired) electrons. The lowest BCUT2D eigenvalue weighted by Crippen LogP contribution is -2.04. The number of aromatic carboxylic acids is 1. The number of rotatable bonds is 4. The van der Waals surface area contributed by atoms with Gasteiger partial charge < -0.3 is 10.4 Å². The Morgan fingerprint density at radius 3 is 2.89 bits per heavy atom. The Balaban J connectivity index is 2.43. The maximum atomic E-state index is 10.9. The molecule has 0 amide bonds. The van der Waals surface area contributed by atoms with Crippen LogP contribution in [0.4, 0.5) is 5.82 Å². The van der Waals surface area contributed by atoms with Crippen molar-refractivity contribution >= 4 is 38.6 Å². The molecule has 1 heterocycles. The van der Waals surface area contributed by atoms with Gasteiger partial charge in [0.25, 0.3) is 0 Å². The zero-order valence-electron chi connectivity index (χ0n) is 9.35. The number of hydrogen-bond donors (Lipinski definition) is 2. The molecular weight excluding hydrogens is 298 g/mol. The lowest BCUT2D eigenvalue weighted by Gasteiger charge is -2.07. The summed E-state index contributed by atoms with van der Waals surface area (Å²) in [6.07, 6.45) is 1.40. The molecule has 1 aromatic carbocycles. The van der Waals surface area contributed by atoms with Crippen LogP contribution in [0.3, 0.4) is 0 Å². The summed E-state index contributed by atoms with van der Waals surface area (Å²) in [6, 6.07) is 4.74. The van der Waals surface area contributed by atoms with E-state index < -0.39 is 5.97 Å². The minimum absolute atomic E-state index is 0.206. The van der Waals surface area contributed by atoms with Gasteiger partial charge in [-0.25, -0.2) is 14.8 Å². The van der Waals surface area contributed by atoms with Crippen LogP contribution in [-0.4, -0.2) is 27.6 Å². The average Bonchev–Trinajstić information content (AvgIpc) is 2.35. The molecule has 0 saturated carbocycles. The van der Waals surface area contributed by atoms with E-state index in [9.17, 15) is 4.79 Å². The number of carboxylic acids is 1. The molecule has 0 aliphatic heterocycles. The maximum absolute atomic E-state index is 10.9. The second kappa shape index (κ2) is 5.14. The summed E-state index contributed by atoms with van der Waals surface area (Å²) in [5, 5.41) is 12.8. The average molecular weight is 308 g/mol. The number of fused-ring (bicyclic) bond motifs is 1. The van der Waals surface area contributed by atoms with Gasteiger partial charge in [0, 0.05) is 16.4 Å². The highest BCUT2D eigenvalue weighted by Gasteiger charge is 2.07. The van der Waals surface area contributed by atoms with E-state index in [-0.39, 0.29) is 5.56 Å². The van der Waals surface area contributed by atoms with Gasteiger partial charge in [0.2, 0.25) is 0 Å². The van der Waals surface area contributed by atoms with E-state index >= 15 is 0 Å². The Morgan fingerprint density at radius 1 is 1.44 bits per heavy atom. The Bertz CT molecular complexity index is 628. The molecule has 0 aliphatic rings. The number of nitrogens with zero attached hydrogens (tertiary/aromatic N) is 2. The summed E-state index contributed by atoms with van der Waals surface area (Å²) in [5.41, 5.74) is 0.796. The van der Waals surface area contributed by atoms with E-state index in [1.807, 2.05) is 0 Å². The molecule has 0 unspecified atom stereocenters. The van der Waals surface area contributed by atoms with Gasteiger partial charge in [-0.15, -0.1) is 0 Å². The Kier molecular flexibility index (Phi) is 3.57. The first kappa shape index (κ1) is 12.5. The van der Waals surface area contributed by atoms with E-state index in [2.05, 4.69) is 37.8 Å². The molecule has 0 atom stereocenters. The monoisotopic (exact) mass is 307 g/mol. The zero-order valence-corrected chi connectivity index (χ0v) is 10.9. The van der Waals surface area contributed by atoms with Crippen molar-refractivity contribution in [2.45, 2.75) is 0 Å². The molecule has 0 aliphatic carbocycles. The fourth-order valence-corrected chi connectivity index (χ4v) is 1.65. The van der Waals surface area contributed by atoms with Crippen molar-refractivity contribution in [3.63, 3.8) is 0 Å². The fourth-order valence-electron chi connectivity index (χ4n) is 1.51. The van der Waals surface area contributed by atoms with Crippen LogP contribution in [0.25, 0.3) is 10.9 Å². The Morgan fingerprint density at radius 2 is 2.22 bits per heavy atom. The zero-order chi connectivity index (χ0) is 13.1. The standard InChI is InChI=1S/C12H10BrN3O2/c1-7(13)5-14-11-9-3-2-8(12(17)18)4-10(9)15-6-16-11/h2-4,6H,1,5H2,(H,17,18)(H,14,15,16). The van der Waals surface area contributed by atoms with Gasteiger partial charge in [0.15, 0.2) is 0 Å². The van der Waals surface area contributed by atoms with Crippen LogP contribution in [-0.2, 0) is 0 Å². The first-order valence-electron chi connectivity index (χ1n) is 5.13. The van der Waals surface area contributed by atoms with Crippen molar-refractivity contribution in [2.24, 2.45) is 0 Å². The van der Waals surface area contributed by atoms with Crippen molar-refractivity contribution in [1.82, 2.24) is 9.97 Å². The number of hydrogen-bond acceptors (Lipinski definition) is 4. The quantitative estimate of drug-likeness (QED) is 0.908. The van der Waals surface area contributed by atoms with Crippen molar-refractivity contribution in [1.29, 1.82) is 0 Å². The van der Waals surface area contributed by atoms with Gasteiger partial charge in [0.1, 0.15) is 12.1 Å². The van der Waals surface area contributed by atoms with Crippen LogP contribution in [0, 0.1) is 0 Å². The summed E-state index contributed by atoms with van der Waals surface area (Å²) < 4.78 is 0.802. The van der Waals surface area contributed by atoms with Gasteiger partial charge in [-0.1, -0.05) is 22.5 Å². The molecule has 18 heavy (non-hydrogen) atoms. The first-order valence-corrected chi connectivity index (χ1v) is 5.92. The van der Waals surface area contributed by atoms with Crippen molar-refractivity contribution in [2.75, 3.05) is 11.9 Å². The van der Waals surface area contributed by atoms with Gasteiger partial charge in [-0.05, 0) is 18.2 Å². The number of carbonyl (C=O) groups is 1. The summed E-state index contributed by atoms with van der Waals surface area (Å²) in [4.78, 5) is 19.1. The molecule has 0 saturated heterocycles. The molecule has 92 valence electrons. The molecule has 6 heteroatoms. The number of aromatic nitrogens is 2. The maximum Gasteiger partial charge on any atom is 0.335 e. The molecule has 1 aromatic heterocycles. The van der Waals surface area contributed by atoms with Gasteiger partial charge in [-0.3, -0.25) is 0 Å². The van der Waals surface area contributed by atoms with Crippen LogP contribution < -0.4 is 5.32 Å². The number of nitrogens with one attached hydrogen (secondary N) is 1. The lowest BCUT2D eigenvalue weighted by atomic mass is 10.1. The summed E-state index contributed by atoms with van der Waals surface area (Å²) in [7, 11) is 0. The number of benzene rings is 1. The third kappa shape index (κ3) is 2.65. The van der Waals surface area contributed by atoms with Crippen molar-refractivity contribution in [3.8, 4) is 0 Å². The molecule has 0 fully saturated rings. The summed E-state index contributed by atoms with van der Waals surface area (Å²) in [6.45, 7) is 4.26. The normalized spacial score (nSPS) is 10.3. The van der Waals surface area contributed by atoms with Crippen LogP contribution in [0.2, 0.25) is 0 Å². The second-order valence-corrected chi connectivity index (χ2v) is 4.75. The van der Waals surface area contributed by atoms with E-state index in [1.165, 1.54) is 18.5 Å². The minimum Gasteiger partial charge on any atom is -0.478 e. The molecule has 2 rings (SSSR count). The van der Waals surface area contributed by atoms with E-state index in [0.717, 1.165) is 9.87 Å². The predicted molar refractivity (Wildman–Crippen MR) is 73.1 cm³/mol. The highest BCUT2D eigenvalue weighted by Crippen LogP contribution is 2.20. The Hall–Kier alpha value is -1.95. The SMILES string of the molecule is C=C(Br)CNc1ncnc2cc(C(=O)O)ccc12. The van der Waals surface area contributed by atoms with Gasteiger partial charge >= 0.3 is 5.97 Å². The van der Waals surface area contributed by atoms with Gasteiger partial charge in [0.05, 0.1) is 11.1 Å². The number of carboxylic acid groups (broad SMARTS) is 1. The third-order valence-electron chi connectivity index (χ3n) is 2.33. The van der Waals surface area contributed by atoms with Gasteiger partial charge in [-0.2, -0.15) is 0 Å². The highest BCUT2D eigenvalue weighted by atomic mass is 79.9. The number of halogens is 1. The summed E-state index contributed by atoms with van der Waals surface area (Å²) in [5.74, 6) is -0.323. The van der Waals surface area contributed by atoms with Crippen molar-refractivity contribution < 1.29 is 9.90 Å². The lowest BCUT2D eigenvalue weighted by molar-refractivity contribution is 0.0697. The summed E-state index contributed by atoms with van der Waals surface area (Å²) >= 11 is 3.25. The molecule has 0 spiro atoms. The fraction of sp³-hybridized carbons (Fsp3) is 0.0833. The van der Waals surface area contributed by atoms with E-state index in [4.69, 9.17) is 5.11 Å². The minimum atomic E-state index is -0.973. The largest absolute Gasteiger partial charge is 0.478 e. The third-order valence-corrected chi connectivity index (χ3v) is 2.61. The van der Waals surface area contributed by atoms with Crippen LogP contribution >= 0.6 is 15.9 Å². The topological polar surface area (TPSA) is 75.1 Å².